The summed E-state index contributed by atoms with van der Waals surface area (Å²) in [6, 6.07) is 0. The van der Waals surface area contributed by atoms with Gasteiger partial charge in [-0.25, -0.2) is 0 Å². The maximum absolute atomic E-state index is 3.93. The van der Waals surface area contributed by atoms with Gasteiger partial charge in [-0.15, -0.1) is 11.3 Å². The number of rotatable bonds is 5. The third-order valence-electron chi connectivity index (χ3n) is 4.57. The Bertz CT molecular complexity index is 486. The average Bonchev–Trinajstić information content (AvgIpc) is 2.82. The zero-order chi connectivity index (χ0) is 14.6. The second-order valence-electron chi connectivity index (χ2n) is 6.22. The van der Waals surface area contributed by atoms with Crippen LogP contribution in [0.15, 0.2) is 18.0 Å². The molecule has 2 heteroatoms. The van der Waals surface area contributed by atoms with E-state index in [0.717, 1.165) is 6.54 Å². The zero-order valence-corrected chi connectivity index (χ0v) is 13.9. The highest BCUT2D eigenvalue weighted by atomic mass is 32.1. The molecule has 0 saturated carbocycles. The normalized spacial score (nSPS) is 24.4. The molecule has 1 aliphatic heterocycles. The lowest BCUT2D eigenvalue weighted by Crippen LogP contribution is -2.40. The van der Waals surface area contributed by atoms with E-state index in [2.05, 4.69) is 49.8 Å². The molecule has 1 saturated heterocycles. The Balaban J connectivity index is 2.14. The molecule has 1 aromatic heterocycles. The third kappa shape index (κ3) is 3.42. The molecule has 20 heavy (non-hydrogen) atoms. The smallest absolute Gasteiger partial charge is 0.0340 e. The van der Waals surface area contributed by atoms with Crippen molar-refractivity contribution < 1.29 is 0 Å². The minimum Gasteiger partial charge on any atom is -0.298 e. The van der Waals surface area contributed by atoms with E-state index >= 15 is 0 Å². The van der Waals surface area contributed by atoms with Gasteiger partial charge in [-0.2, -0.15) is 0 Å². The van der Waals surface area contributed by atoms with Gasteiger partial charge >= 0.3 is 0 Å². The Kier molecular flexibility index (Phi) is 5.22. The first-order valence-corrected chi connectivity index (χ1v) is 8.57. The quantitative estimate of drug-likeness (QED) is 0.698. The Morgan fingerprint density at radius 3 is 2.95 bits per heavy atom. The SMILES string of the molecule is C=Cc1scc(CN2CCCC(C)(CC)C2)c1/C=C\C. The summed E-state index contributed by atoms with van der Waals surface area (Å²) < 4.78 is 0. The van der Waals surface area contributed by atoms with Gasteiger partial charge in [0.25, 0.3) is 0 Å². The van der Waals surface area contributed by atoms with Crippen LogP contribution in [-0.4, -0.2) is 18.0 Å². The third-order valence-corrected chi connectivity index (χ3v) is 5.61. The van der Waals surface area contributed by atoms with Gasteiger partial charge in [-0.3, -0.25) is 4.90 Å². The number of likely N-dealkylation sites (tertiary alicyclic amines) is 1. The summed E-state index contributed by atoms with van der Waals surface area (Å²) in [6.45, 7) is 14.3. The lowest BCUT2D eigenvalue weighted by Gasteiger charge is -2.40. The lowest BCUT2D eigenvalue weighted by atomic mass is 9.79. The molecule has 1 aliphatic rings. The number of nitrogens with zero attached hydrogens (tertiary/aromatic N) is 1. The number of hydrogen-bond acceptors (Lipinski definition) is 2. The summed E-state index contributed by atoms with van der Waals surface area (Å²) in [7, 11) is 0. The monoisotopic (exact) mass is 289 g/mol. The van der Waals surface area contributed by atoms with Crippen LogP contribution in [0, 0.1) is 5.41 Å². The molecule has 0 spiro atoms. The molecule has 0 amide bonds. The number of allylic oxidation sites excluding steroid dienone is 1. The van der Waals surface area contributed by atoms with Crippen molar-refractivity contribution in [3.63, 3.8) is 0 Å². The molecule has 0 radical (unpaired) electrons. The van der Waals surface area contributed by atoms with E-state index in [-0.39, 0.29) is 0 Å². The number of thiophene rings is 1. The predicted molar refractivity (Wildman–Crippen MR) is 92.0 cm³/mol. The zero-order valence-electron chi connectivity index (χ0n) is 13.1. The lowest BCUT2D eigenvalue weighted by molar-refractivity contribution is 0.0938. The van der Waals surface area contributed by atoms with E-state index in [4.69, 9.17) is 0 Å². The van der Waals surface area contributed by atoms with Gasteiger partial charge in [-0.1, -0.05) is 38.7 Å². The van der Waals surface area contributed by atoms with E-state index in [1.165, 1.54) is 48.4 Å². The van der Waals surface area contributed by atoms with Crippen LogP contribution in [0.1, 0.15) is 56.0 Å². The molecule has 1 nitrogen and oxygen atoms in total. The maximum atomic E-state index is 3.93. The fourth-order valence-electron chi connectivity index (χ4n) is 3.15. The summed E-state index contributed by atoms with van der Waals surface area (Å²) in [5.41, 5.74) is 3.34. The number of piperidine rings is 1. The molecule has 2 rings (SSSR count). The van der Waals surface area contributed by atoms with Crippen molar-refractivity contribution in [2.24, 2.45) is 5.41 Å². The van der Waals surface area contributed by atoms with Crippen molar-refractivity contribution in [3.05, 3.63) is 34.0 Å². The van der Waals surface area contributed by atoms with E-state index in [0.29, 0.717) is 5.41 Å². The molecular weight excluding hydrogens is 262 g/mol. The highest BCUT2D eigenvalue weighted by Gasteiger charge is 2.29. The van der Waals surface area contributed by atoms with Gasteiger partial charge in [0.1, 0.15) is 0 Å². The number of hydrogen-bond donors (Lipinski definition) is 0. The van der Waals surface area contributed by atoms with Crippen LogP contribution in [0.3, 0.4) is 0 Å². The topological polar surface area (TPSA) is 3.24 Å². The summed E-state index contributed by atoms with van der Waals surface area (Å²) in [6.07, 6.45) is 10.3. The van der Waals surface area contributed by atoms with Crippen LogP contribution in [0.25, 0.3) is 12.2 Å². The largest absolute Gasteiger partial charge is 0.298 e. The first-order chi connectivity index (χ1) is 9.61. The van der Waals surface area contributed by atoms with Crippen molar-refractivity contribution >= 4 is 23.5 Å². The molecule has 0 N–H and O–H groups in total. The van der Waals surface area contributed by atoms with Gasteiger partial charge in [0, 0.05) is 18.0 Å². The molecule has 0 aliphatic carbocycles. The van der Waals surface area contributed by atoms with Gasteiger partial charge < -0.3 is 0 Å². The Morgan fingerprint density at radius 1 is 1.50 bits per heavy atom. The van der Waals surface area contributed by atoms with Crippen LogP contribution in [0.5, 0.6) is 0 Å². The average molecular weight is 289 g/mol. The molecule has 0 bridgehead atoms. The second kappa shape index (κ2) is 6.73. The molecule has 2 heterocycles. The van der Waals surface area contributed by atoms with Crippen LogP contribution >= 0.6 is 11.3 Å². The summed E-state index contributed by atoms with van der Waals surface area (Å²) in [4.78, 5) is 3.93. The van der Waals surface area contributed by atoms with Crippen molar-refractivity contribution in [1.29, 1.82) is 0 Å². The highest BCUT2D eigenvalue weighted by Crippen LogP contribution is 2.34. The van der Waals surface area contributed by atoms with Crippen molar-refractivity contribution in [2.45, 2.75) is 46.6 Å². The fraction of sp³-hybridized carbons (Fsp3) is 0.556. The fourth-order valence-corrected chi connectivity index (χ4v) is 4.04. The van der Waals surface area contributed by atoms with E-state index < -0.39 is 0 Å². The predicted octanol–water partition coefficient (Wildman–Crippen LogP) is 5.44. The standard InChI is InChI=1S/C18H27NS/c1-5-9-16-15(13-20-17(16)6-2)12-19-11-8-10-18(4,7-3)14-19/h5-6,9,13H,2,7-8,10-12,14H2,1,3-4H3/b9-5-. The Morgan fingerprint density at radius 2 is 2.30 bits per heavy atom. The molecule has 110 valence electrons. The van der Waals surface area contributed by atoms with Crippen LogP contribution in [0.2, 0.25) is 0 Å². The maximum Gasteiger partial charge on any atom is 0.0340 e. The van der Waals surface area contributed by atoms with Crippen molar-refractivity contribution in [3.8, 4) is 0 Å². The van der Waals surface area contributed by atoms with Crippen molar-refractivity contribution in [2.75, 3.05) is 13.1 Å². The summed E-state index contributed by atoms with van der Waals surface area (Å²) >= 11 is 1.81. The van der Waals surface area contributed by atoms with Gasteiger partial charge in [-0.05, 0) is 54.7 Å². The van der Waals surface area contributed by atoms with Crippen LogP contribution in [-0.2, 0) is 6.54 Å². The van der Waals surface area contributed by atoms with E-state index in [1.807, 2.05) is 17.4 Å². The minimum atomic E-state index is 0.510. The molecule has 1 aromatic rings. The highest BCUT2D eigenvalue weighted by molar-refractivity contribution is 7.11. The first-order valence-electron chi connectivity index (χ1n) is 7.69. The summed E-state index contributed by atoms with van der Waals surface area (Å²) in [5, 5.41) is 2.31. The van der Waals surface area contributed by atoms with Crippen LogP contribution in [0.4, 0.5) is 0 Å². The van der Waals surface area contributed by atoms with Crippen molar-refractivity contribution in [1.82, 2.24) is 4.90 Å². The molecule has 1 unspecified atom stereocenters. The first kappa shape index (κ1) is 15.5. The summed E-state index contributed by atoms with van der Waals surface area (Å²) in [5.74, 6) is 0. The Labute approximate surface area is 128 Å². The Hall–Kier alpha value is -0.860. The molecule has 1 fully saturated rings. The van der Waals surface area contributed by atoms with Crippen LogP contribution < -0.4 is 0 Å². The van der Waals surface area contributed by atoms with Gasteiger partial charge in [0.15, 0.2) is 0 Å². The van der Waals surface area contributed by atoms with Gasteiger partial charge in [0.2, 0.25) is 0 Å². The minimum absolute atomic E-state index is 0.510. The van der Waals surface area contributed by atoms with E-state index in [1.54, 1.807) is 0 Å². The van der Waals surface area contributed by atoms with E-state index in [9.17, 15) is 0 Å². The molecule has 0 aromatic carbocycles. The second-order valence-corrected chi connectivity index (χ2v) is 7.13. The van der Waals surface area contributed by atoms with Gasteiger partial charge in [0.05, 0.1) is 0 Å². The molecular formula is C18H27NS. The molecule has 1 atom stereocenters.